The van der Waals surface area contributed by atoms with Gasteiger partial charge in [-0.05, 0) is 38.3 Å². The fourth-order valence-corrected chi connectivity index (χ4v) is 2.37. The highest BCUT2D eigenvalue weighted by atomic mass is 16.3. The third kappa shape index (κ3) is 2.58. The first-order chi connectivity index (χ1) is 8.77. The molecule has 2 rings (SSSR count). The minimum Gasteiger partial charge on any atom is -0.469 e. The number of aryl methyl sites for hydroxylation is 1. The zero-order chi connectivity index (χ0) is 13.0. The minimum absolute atomic E-state index is 0.110. The molecule has 0 atom stereocenters. The maximum absolute atomic E-state index is 12.6. The van der Waals surface area contributed by atoms with Crippen LogP contribution in [0.4, 0.5) is 0 Å². The van der Waals surface area contributed by atoms with E-state index in [9.17, 15) is 4.79 Å². The van der Waals surface area contributed by atoms with E-state index in [0.29, 0.717) is 12.6 Å². The first kappa shape index (κ1) is 13.1. The molecule has 0 radical (unpaired) electrons. The predicted molar refractivity (Wildman–Crippen MR) is 70.4 cm³/mol. The predicted octanol–water partition coefficient (Wildman–Crippen LogP) is 2.19. The molecule has 1 amide bonds. The van der Waals surface area contributed by atoms with Crippen LogP contribution in [0.5, 0.6) is 0 Å². The number of furan rings is 1. The maximum Gasteiger partial charge on any atom is 0.257 e. The Morgan fingerprint density at radius 2 is 2.33 bits per heavy atom. The van der Waals surface area contributed by atoms with Crippen molar-refractivity contribution in [1.29, 1.82) is 0 Å². The van der Waals surface area contributed by atoms with E-state index in [-0.39, 0.29) is 5.91 Å². The number of carbonyl (C=O) groups excluding carboxylic acids is 1. The highest BCUT2D eigenvalue weighted by Gasteiger charge is 2.30. The molecule has 2 N–H and O–H groups in total. The lowest BCUT2D eigenvalue weighted by atomic mass is 9.90. The number of nitrogens with zero attached hydrogens (tertiary/aromatic N) is 1. The lowest BCUT2D eigenvalue weighted by Gasteiger charge is -2.37. The van der Waals surface area contributed by atoms with Gasteiger partial charge in [0, 0.05) is 19.0 Å². The molecule has 0 unspecified atom stereocenters. The molecular formula is C14H22N2O2. The van der Waals surface area contributed by atoms with Crippen molar-refractivity contribution in [3.05, 3.63) is 23.7 Å². The summed E-state index contributed by atoms with van der Waals surface area (Å²) >= 11 is 0. The molecule has 0 aromatic carbocycles. The maximum atomic E-state index is 12.6. The van der Waals surface area contributed by atoms with E-state index in [0.717, 1.165) is 43.6 Å². The van der Waals surface area contributed by atoms with Crippen molar-refractivity contribution in [1.82, 2.24) is 4.90 Å². The van der Waals surface area contributed by atoms with Crippen LogP contribution in [0, 0.1) is 0 Å². The molecular weight excluding hydrogens is 228 g/mol. The molecule has 18 heavy (non-hydrogen) atoms. The molecule has 1 saturated carbocycles. The summed E-state index contributed by atoms with van der Waals surface area (Å²) in [4.78, 5) is 14.5. The summed E-state index contributed by atoms with van der Waals surface area (Å²) < 4.78 is 5.35. The Hall–Kier alpha value is -1.29. The summed E-state index contributed by atoms with van der Waals surface area (Å²) in [6.45, 7) is 3.39. The van der Waals surface area contributed by atoms with Crippen LogP contribution in [0.2, 0.25) is 0 Å². The van der Waals surface area contributed by atoms with Crippen molar-refractivity contribution in [3.63, 3.8) is 0 Å². The van der Waals surface area contributed by atoms with Crippen molar-refractivity contribution < 1.29 is 9.21 Å². The third-order valence-electron chi connectivity index (χ3n) is 3.68. The zero-order valence-electron chi connectivity index (χ0n) is 11.0. The number of carbonyl (C=O) groups is 1. The van der Waals surface area contributed by atoms with Gasteiger partial charge in [0.25, 0.3) is 5.91 Å². The smallest absolute Gasteiger partial charge is 0.257 e. The summed E-state index contributed by atoms with van der Waals surface area (Å²) in [6.07, 6.45) is 6.69. The van der Waals surface area contributed by atoms with Crippen LogP contribution in [-0.4, -0.2) is 29.9 Å². The van der Waals surface area contributed by atoms with E-state index < -0.39 is 0 Å². The molecule has 1 aromatic rings. The Labute approximate surface area is 108 Å². The van der Waals surface area contributed by atoms with Crippen molar-refractivity contribution in [3.8, 4) is 0 Å². The number of nitrogens with two attached hydrogens (primary N) is 1. The summed E-state index contributed by atoms with van der Waals surface area (Å²) in [5.74, 6) is 0.899. The number of hydrogen-bond donors (Lipinski definition) is 1. The second kappa shape index (κ2) is 6.05. The fraction of sp³-hybridized carbons (Fsp3) is 0.643. The van der Waals surface area contributed by atoms with E-state index in [1.807, 2.05) is 11.8 Å². The Balaban J connectivity index is 2.11. The van der Waals surface area contributed by atoms with Crippen LogP contribution in [0.15, 0.2) is 16.7 Å². The van der Waals surface area contributed by atoms with Gasteiger partial charge in [-0.25, -0.2) is 0 Å². The molecule has 100 valence electrons. The number of amides is 1. The van der Waals surface area contributed by atoms with Gasteiger partial charge in [-0.3, -0.25) is 4.79 Å². The normalized spacial score (nSPS) is 15.4. The van der Waals surface area contributed by atoms with Crippen LogP contribution in [0.25, 0.3) is 0 Å². The van der Waals surface area contributed by atoms with Crippen molar-refractivity contribution in [2.45, 2.75) is 45.1 Å². The molecule has 0 aliphatic heterocycles. The lowest BCUT2D eigenvalue weighted by Crippen LogP contribution is -2.45. The minimum atomic E-state index is 0.110. The molecule has 4 heteroatoms. The summed E-state index contributed by atoms with van der Waals surface area (Å²) in [6, 6.07) is 2.19. The van der Waals surface area contributed by atoms with Gasteiger partial charge in [0.15, 0.2) is 0 Å². The largest absolute Gasteiger partial charge is 0.469 e. The summed E-state index contributed by atoms with van der Waals surface area (Å²) in [5, 5.41) is 0. The molecule has 1 aromatic heterocycles. The highest BCUT2D eigenvalue weighted by Crippen LogP contribution is 2.27. The van der Waals surface area contributed by atoms with Crippen LogP contribution < -0.4 is 5.73 Å². The van der Waals surface area contributed by atoms with E-state index >= 15 is 0 Å². The van der Waals surface area contributed by atoms with E-state index in [1.54, 1.807) is 12.3 Å². The van der Waals surface area contributed by atoms with Gasteiger partial charge in [0.05, 0.1) is 11.8 Å². The van der Waals surface area contributed by atoms with E-state index in [2.05, 4.69) is 0 Å². The molecule has 1 aliphatic carbocycles. The van der Waals surface area contributed by atoms with Crippen molar-refractivity contribution in [2.75, 3.05) is 13.1 Å². The van der Waals surface area contributed by atoms with Gasteiger partial charge in [0.2, 0.25) is 0 Å². The van der Waals surface area contributed by atoms with Gasteiger partial charge >= 0.3 is 0 Å². The monoisotopic (exact) mass is 250 g/mol. The second-order valence-corrected chi connectivity index (χ2v) is 4.84. The average molecular weight is 250 g/mol. The van der Waals surface area contributed by atoms with E-state index in [1.165, 1.54) is 6.42 Å². The van der Waals surface area contributed by atoms with E-state index in [4.69, 9.17) is 10.2 Å². The summed E-state index contributed by atoms with van der Waals surface area (Å²) in [7, 11) is 0. The Kier molecular flexibility index (Phi) is 4.42. The van der Waals surface area contributed by atoms with Crippen LogP contribution >= 0.6 is 0 Å². The first-order valence-corrected chi connectivity index (χ1v) is 6.85. The average Bonchev–Trinajstić information content (AvgIpc) is 2.79. The fourth-order valence-electron chi connectivity index (χ4n) is 2.37. The van der Waals surface area contributed by atoms with Gasteiger partial charge in [-0.15, -0.1) is 0 Å². The lowest BCUT2D eigenvalue weighted by molar-refractivity contribution is 0.0576. The number of rotatable bonds is 6. The second-order valence-electron chi connectivity index (χ2n) is 4.84. The zero-order valence-corrected chi connectivity index (χ0v) is 11.0. The Bertz CT molecular complexity index is 396. The molecule has 1 fully saturated rings. The van der Waals surface area contributed by atoms with Gasteiger partial charge in [-0.1, -0.05) is 6.92 Å². The standard InChI is InChI=1S/C14H22N2O2/c1-2-13-12(7-10-18-13)14(17)16(9-4-8-15)11-5-3-6-11/h7,10-11H,2-6,8-9,15H2,1H3. The molecule has 0 saturated heterocycles. The van der Waals surface area contributed by atoms with Crippen LogP contribution in [0.3, 0.4) is 0 Å². The van der Waals surface area contributed by atoms with Gasteiger partial charge in [-0.2, -0.15) is 0 Å². The van der Waals surface area contributed by atoms with Gasteiger partial charge in [0.1, 0.15) is 5.76 Å². The quantitative estimate of drug-likeness (QED) is 0.842. The molecule has 1 heterocycles. The van der Waals surface area contributed by atoms with Crippen molar-refractivity contribution >= 4 is 5.91 Å². The van der Waals surface area contributed by atoms with Crippen molar-refractivity contribution in [2.24, 2.45) is 5.73 Å². The highest BCUT2D eigenvalue weighted by molar-refractivity contribution is 5.95. The molecule has 0 spiro atoms. The Morgan fingerprint density at radius 1 is 1.56 bits per heavy atom. The van der Waals surface area contributed by atoms with Crippen LogP contribution in [-0.2, 0) is 6.42 Å². The third-order valence-corrected chi connectivity index (χ3v) is 3.68. The number of hydrogen-bond acceptors (Lipinski definition) is 3. The topological polar surface area (TPSA) is 59.5 Å². The van der Waals surface area contributed by atoms with Gasteiger partial charge < -0.3 is 15.1 Å². The SMILES string of the molecule is CCc1occc1C(=O)N(CCCN)C1CCC1. The molecule has 1 aliphatic rings. The van der Waals surface area contributed by atoms with Crippen LogP contribution in [0.1, 0.15) is 48.7 Å². The Morgan fingerprint density at radius 3 is 2.89 bits per heavy atom. The molecule has 4 nitrogen and oxygen atoms in total. The summed E-state index contributed by atoms with van der Waals surface area (Å²) in [5.41, 5.74) is 6.28. The first-order valence-electron chi connectivity index (χ1n) is 6.85. The molecule has 0 bridgehead atoms.